The van der Waals surface area contributed by atoms with E-state index in [4.69, 9.17) is 11.6 Å². The Labute approximate surface area is 187 Å². The van der Waals surface area contributed by atoms with Crippen LogP contribution in [0.1, 0.15) is 12.8 Å². The number of aromatic amines is 1. The average Bonchev–Trinajstić information content (AvgIpc) is 3.22. The Bertz CT molecular complexity index is 1320. The van der Waals surface area contributed by atoms with Crippen molar-refractivity contribution in [3.8, 4) is 11.4 Å². The van der Waals surface area contributed by atoms with E-state index in [0.29, 0.717) is 24.1 Å². The predicted molar refractivity (Wildman–Crippen MR) is 114 cm³/mol. The van der Waals surface area contributed by atoms with E-state index >= 15 is 0 Å². The number of hydrogen-bond acceptors (Lipinski definition) is 6. The van der Waals surface area contributed by atoms with Gasteiger partial charge >= 0.3 is 5.76 Å². The van der Waals surface area contributed by atoms with Gasteiger partial charge in [0.15, 0.2) is 5.82 Å². The number of benzene rings is 2. The van der Waals surface area contributed by atoms with Crippen LogP contribution in [0.2, 0.25) is 5.02 Å². The van der Waals surface area contributed by atoms with Crippen molar-refractivity contribution in [2.24, 2.45) is 5.92 Å². The predicted octanol–water partition coefficient (Wildman–Crippen LogP) is 2.86. The number of carbonyl (C=O) groups excluding carboxylic acids is 1. The van der Waals surface area contributed by atoms with Crippen LogP contribution in [0.4, 0.5) is 10.1 Å². The minimum absolute atomic E-state index is 0.0884. The molecular formula is C20H18ClFN4O5S. The molecule has 0 aliphatic carbocycles. The molecule has 2 aromatic carbocycles. The van der Waals surface area contributed by atoms with Crippen LogP contribution in [0.25, 0.3) is 11.4 Å². The van der Waals surface area contributed by atoms with Crippen molar-refractivity contribution in [1.82, 2.24) is 14.4 Å². The number of nitrogens with zero attached hydrogens (tertiary/aromatic N) is 2. The van der Waals surface area contributed by atoms with E-state index in [2.05, 4.69) is 20.0 Å². The van der Waals surface area contributed by atoms with Crippen molar-refractivity contribution in [1.29, 1.82) is 0 Å². The van der Waals surface area contributed by atoms with Crippen LogP contribution < -0.4 is 11.1 Å². The zero-order valence-electron chi connectivity index (χ0n) is 16.5. The zero-order valence-corrected chi connectivity index (χ0v) is 18.1. The summed E-state index contributed by atoms with van der Waals surface area (Å²) in [5, 5.41) is 6.16. The fraction of sp³-hybridized carbons (Fsp3) is 0.250. The molecular weight excluding hydrogens is 463 g/mol. The van der Waals surface area contributed by atoms with Gasteiger partial charge in [-0.2, -0.15) is 4.31 Å². The van der Waals surface area contributed by atoms with Crippen molar-refractivity contribution < 1.29 is 22.1 Å². The summed E-state index contributed by atoms with van der Waals surface area (Å²) < 4.78 is 44.7. The van der Waals surface area contributed by atoms with Crippen molar-refractivity contribution in [2.75, 3.05) is 18.4 Å². The van der Waals surface area contributed by atoms with Gasteiger partial charge < -0.3 is 5.32 Å². The molecule has 0 radical (unpaired) electrons. The molecule has 4 rings (SSSR count). The molecule has 168 valence electrons. The molecule has 3 aromatic rings. The number of aromatic nitrogens is 2. The summed E-state index contributed by atoms with van der Waals surface area (Å²) in [6.45, 7) is 0.297. The molecule has 1 aliphatic rings. The van der Waals surface area contributed by atoms with Gasteiger partial charge in [0.2, 0.25) is 15.9 Å². The van der Waals surface area contributed by atoms with E-state index in [-0.39, 0.29) is 40.7 Å². The van der Waals surface area contributed by atoms with Gasteiger partial charge in [0, 0.05) is 30.3 Å². The number of anilines is 1. The molecule has 12 heteroatoms. The lowest BCUT2D eigenvalue weighted by Crippen LogP contribution is -2.41. The minimum atomic E-state index is -3.84. The number of sulfonamides is 1. The summed E-state index contributed by atoms with van der Waals surface area (Å²) in [5.74, 6) is -1.75. The number of hydrogen-bond donors (Lipinski definition) is 2. The van der Waals surface area contributed by atoms with E-state index in [0.717, 1.165) is 12.1 Å². The molecule has 0 spiro atoms. The number of amides is 1. The standard InChI is InChI=1S/C20H18ClFN4O5S/c21-16-11-15(4-5-17(16)22)32(29,30)26-8-6-12(7-9-26)19(27)23-14-3-1-2-13(10-14)18-24-20(28)31-25-18/h1-5,10-12H,6-9H2,(H,23,27)(H,24,25,28). The average molecular weight is 481 g/mol. The monoisotopic (exact) mass is 480 g/mol. The fourth-order valence-corrected chi connectivity index (χ4v) is 5.23. The van der Waals surface area contributed by atoms with Crippen LogP contribution in [-0.2, 0) is 14.8 Å². The number of piperidine rings is 1. The highest BCUT2D eigenvalue weighted by atomic mass is 35.5. The summed E-state index contributed by atoms with van der Waals surface area (Å²) in [4.78, 5) is 26.2. The van der Waals surface area contributed by atoms with Gasteiger partial charge in [-0.15, -0.1) is 0 Å². The second kappa shape index (κ2) is 8.85. The van der Waals surface area contributed by atoms with Crippen molar-refractivity contribution >= 4 is 33.2 Å². The first-order valence-corrected chi connectivity index (χ1v) is 11.5. The van der Waals surface area contributed by atoms with Gasteiger partial charge in [0.05, 0.1) is 9.92 Å². The molecule has 0 bridgehead atoms. The van der Waals surface area contributed by atoms with E-state index in [1.165, 1.54) is 10.4 Å². The van der Waals surface area contributed by atoms with Gasteiger partial charge in [-0.3, -0.25) is 14.3 Å². The Hall–Kier alpha value is -3.02. The van der Waals surface area contributed by atoms with Gasteiger partial charge in [-0.25, -0.2) is 17.6 Å². The highest BCUT2D eigenvalue weighted by Gasteiger charge is 2.32. The Balaban J connectivity index is 1.39. The normalized spacial score (nSPS) is 15.6. The van der Waals surface area contributed by atoms with Crippen LogP contribution in [0.3, 0.4) is 0 Å². The number of nitrogens with one attached hydrogen (secondary N) is 2. The van der Waals surface area contributed by atoms with E-state index in [1.54, 1.807) is 24.3 Å². The lowest BCUT2D eigenvalue weighted by atomic mass is 9.97. The molecule has 1 fully saturated rings. The van der Waals surface area contributed by atoms with E-state index < -0.39 is 21.6 Å². The second-order valence-electron chi connectivity index (χ2n) is 7.27. The molecule has 2 N–H and O–H groups in total. The maximum Gasteiger partial charge on any atom is 0.439 e. The molecule has 0 unspecified atom stereocenters. The molecule has 1 aromatic heterocycles. The molecule has 2 heterocycles. The van der Waals surface area contributed by atoms with Crippen LogP contribution >= 0.6 is 11.6 Å². The number of halogens is 2. The van der Waals surface area contributed by atoms with Crippen LogP contribution in [0, 0.1) is 11.7 Å². The number of H-pyrrole nitrogens is 1. The largest absolute Gasteiger partial charge is 0.439 e. The first-order valence-electron chi connectivity index (χ1n) is 9.66. The zero-order chi connectivity index (χ0) is 22.9. The molecule has 1 saturated heterocycles. The number of rotatable bonds is 5. The minimum Gasteiger partial charge on any atom is -0.326 e. The third kappa shape index (κ3) is 4.59. The highest BCUT2D eigenvalue weighted by Crippen LogP contribution is 2.27. The van der Waals surface area contributed by atoms with Crippen molar-refractivity contribution in [3.63, 3.8) is 0 Å². The summed E-state index contributed by atoms with van der Waals surface area (Å²) in [6, 6.07) is 10.00. The molecule has 1 aliphatic heterocycles. The highest BCUT2D eigenvalue weighted by molar-refractivity contribution is 7.89. The molecule has 1 amide bonds. The maximum absolute atomic E-state index is 13.4. The number of carbonyl (C=O) groups is 1. The third-order valence-corrected chi connectivity index (χ3v) is 7.38. The van der Waals surface area contributed by atoms with E-state index in [1.807, 2.05) is 0 Å². The Morgan fingerprint density at radius 1 is 1.22 bits per heavy atom. The fourth-order valence-electron chi connectivity index (χ4n) is 3.49. The van der Waals surface area contributed by atoms with Gasteiger partial charge in [0.1, 0.15) is 5.82 Å². The SMILES string of the molecule is O=C(Nc1cccc(-c2noc(=O)[nH]2)c1)C1CCN(S(=O)(=O)c2ccc(F)c(Cl)c2)CC1. The van der Waals surface area contributed by atoms with Gasteiger partial charge in [-0.05, 0) is 43.2 Å². The van der Waals surface area contributed by atoms with Crippen LogP contribution in [0.5, 0.6) is 0 Å². The van der Waals surface area contributed by atoms with E-state index in [9.17, 15) is 22.4 Å². The van der Waals surface area contributed by atoms with Crippen LogP contribution in [-0.4, -0.2) is 41.9 Å². The molecule has 9 nitrogen and oxygen atoms in total. The first kappa shape index (κ1) is 22.2. The molecule has 0 atom stereocenters. The summed E-state index contributed by atoms with van der Waals surface area (Å²) in [5.41, 5.74) is 1.07. The topological polar surface area (TPSA) is 125 Å². The lowest BCUT2D eigenvalue weighted by molar-refractivity contribution is -0.120. The quantitative estimate of drug-likeness (QED) is 0.578. The second-order valence-corrected chi connectivity index (χ2v) is 9.61. The summed E-state index contributed by atoms with van der Waals surface area (Å²) in [7, 11) is -3.84. The van der Waals surface area contributed by atoms with Gasteiger partial charge in [-0.1, -0.05) is 28.9 Å². The molecule has 0 saturated carbocycles. The molecule has 32 heavy (non-hydrogen) atoms. The summed E-state index contributed by atoms with van der Waals surface area (Å²) in [6.07, 6.45) is 0.659. The summed E-state index contributed by atoms with van der Waals surface area (Å²) >= 11 is 5.71. The van der Waals surface area contributed by atoms with Crippen molar-refractivity contribution in [3.05, 3.63) is 63.9 Å². The third-order valence-electron chi connectivity index (χ3n) is 5.20. The Kier molecular flexibility index (Phi) is 6.13. The van der Waals surface area contributed by atoms with Crippen LogP contribution in [0.15, 0.2) is 56.7 Å². The Morgan fingerprint density at radius 3 is 2.62 bits per heavy atom. The van der Waals surface area contributed by atoms with Crippen molar-refractivity contribution in [2.45, 2.75) is 17.7 Å². The lowest BCUT2D eigenvalue weighted by Gasteiger charge is -2.30. The first-order chi connectivity index (χ1) is 15.2. The smallest absolute Gasteiger partial charge is 0.326 e. The maximum atomic E-state index is 13.4. The van der Waals surface area contributed by atoms with Gasteiger partial charge in [0.25, 0.3) is 0 Å². The Morgan fingerprint density at radius 2 is 1.97 bits per heavy atom.